The summed E-state index contributed by atoms with van der Waals surface area (Å²) in [6.45, 7) is 2.88. The molecule has 90 valence electrons. The van der Waals surface area contributed by atoms with Gasteiger partial charge in [0.1, 0.15) is 0 Å². The van der Waals surface area contributed by atoms with Crippen molar-refractivity contribution in [2.75, 3.05) is 26.2 Å². The summed E-state index contributed by atoms with van der Waals surface area (Å²) in [4.78, 5) is 29.3. The van der Waals surface area contributed by atoms with E-state index in [1.165, 1.54) is 12.4 Å². The Bertz CT molecular complexity index is 397. The lowest BCUT2D eigenvalue weighted by Crippen LogP contribution is -2.38. The van der Waals surface area contributed by atoms with Gasteiger partial charge in [-0.2, -0.15) is 0 Å². The molecule has 1 aliphatic heterocycles. The van der Waals surface area contributed by atoms with E-state index in [4.69, 9.17) is 0 Å². The Balaban J connectivity index is 2.06. The van der Waals surface area contributed by atoms with Gasteiger partial charge >= 0.3 is 0 Å². The van der Waals surface area contributed by atoms with E-state index in [2.05, 4.69) is 10.3 Å². The summed E-state index contributed by atoms with van der Waals surface area (Å²) in [6.07, 6.45) is 3.92. The van der Waals surface area contributed by atoms with Gasteiger partial charge in [0.05, 0.1) is 0 Å². The summed E-state index contributed by atoms with van der Waals surface area (Å²) in [5.41, 5.74) is 0.405. The molecule has 1 amide bonds. The van der Waals surface area contributed by atoms with E-state index in [-0.39, 0.29) is 0 Å². The fourth-order valence-electron chi connectivity index (χ4n) is 1.82. The van der Waals surface area contributed by atoms with Crippen molar-refractivity contribution in [3.05, 3.63) is 30.1 Å². The van der Waals surface area contributed by atoms with Crippen LogP contribution in [-0.4, -0.2) is 47.8 Å². The zero-order chi connectivity index (χ0) is 12.1. The number of carbonyl (C=O) groups excluding carboxylic acids is 2. The molecule has 5 heteroatoms. The molecule has 2 rings (SSSR count). The third-order valence-corrected chi connectivity index (χ3v) is 2.76. The third kappa shape index (κ3) is 2.88. The van der Waals surface area contributed by atoms with Crippen molar-refractivity contribution >= 4 is 11.7 Å². The molecule has 5 nitrogen and oxygen atoms in total. The average molecular weight is 233 g/mol. The minimum absolute atomic E-state index is 0.405. The quantitative estimate of drug-likeness (QED) is 0.580. The van der Waals surface area contributed by atoms with Gasteiger partial charge in [-0.05, 0) is 25.1 Å². The van der Waals surface area contributed by atoms with Crippen LogP contribution in [-0.2, 0) is 4.79 Å². The van der Waals surface area contributed by atoms with Crippen LogP contribution in [0, 0.1) is 0 Å². The van der Waals surface area contributed by atoms with Crippen LogP contribution in [0.2, 0.25) is 0 Å². The van der Waals surface area contributed by atoms with Gasteiger partial charge in [-0.25, -0.2) is 0 Å². The van der Waals surface area contributed by atoms with Crippen LogP contribution in [0.25, 0.3) is 0 Å². The summed E-state index contributed by atoms with van der Waals surface area (Å²) in [7, 11) is 0. The molecule has 1 saturated heterocycles. The molecule has 1 aliphatic rings. The van der Waals surface area contributed by atoms with E-state index in [9.17, 15) is 9.59 Å². The molecule has 1 aromatic rings. The predicted molar refractivity (Wildman–Crippen MR) is 62.6 cm³/mol. The summed E-state index contributed by atoms with van der Waals surface area (Å²) < 4.78 is 0. The maximum atomic E-state index is 12.0. The second-order valence-corrected chi connectivity index (χ2v) is 3.96. The summed E-state index contributed by atoms with van der Waals surface area (Å²) >= 11 is 0. The van der Waals surface area contributed by atoms with Crippen molar-refractivity contribution in [3.8, 4) is 0 Å². The summed E-state index contributed by atoms with van der Waals surface area (Å²) in [5, 5.41) is 3.20. The SMILES string of the molecule is O=C(C(=O)N1CCCNCC1)c1ccncc1. The van der Waals surface area contributed by atoms with Gasteiger partial charge in [-0.3, -0.25) is 14.6 Å². The van der Waals surface area contributed by atoms with Crippen LogP contribution in [0.5, 0.6) is 0 Å². The topological polar surface area (TPSA) is 62.3 Å². The first-order chi connectivity index (χ1) is 8.29. The standard InChI is InChI=1S/C12H15N3O2/c16-11(10-2-5-14-6-3-10)12(17)15-8-1-4-13-7-9-15/h2-3,5-6,13H,1,4,7-9H2. The Morgan fingerprint density at radius 3 is 2.71 bits per heavy atom. The fraction of sp³-hybridized carbons (Fsp3) is 0.417. The van der Waals surface area contributed by atoms with Crippen LogP contribution in [0.4, 0.5) is 0 Å². The maximum Gasteiger partial charge on any atom is 0.295 e. The monoisotopic (exact) mass is 233 g/mol. The second kappa shape index (κ2) is 5.54. The Labute approximate surface area is 99.8 Å². The largest absolute Gasteiger partial charge is 0.334 e. The van der Waals surface area contributed by atoms with E-state index in [0.717, 1.165) is 19.5 Å². The molecule has 0 bridgehead atoms. The number of hydrogen-bond donors (Lipinski definition) is 1. The van der Waals surface area contributed by atoms with Gasteiger partial charge < -0.3 is 10.2 Å². The summed E-state index contributed by atoms with van der Waals surface area (Å²) in [6, 6.07) is 3.13. The lowest BCUT2D eigenvalue weighted by molar-refractivity contribution is -0.126. The third-order valence-electron chi connectivity index (χ3n) is 2.76. The highest BCUT2D eigenvalue weighted by Gasteiger charge is 2.23. The van der Waals surface area contributed by atoms with Crippen LogP contribution in [0.15, 0.2) is 24.5 Å². The average Bonchev–Trinajstić information content (AvgIpc) is 2.67. The number of Topliss-reactive ketones (excluding diaryl/α,β-unsaturated/α-hetero) is 1. The molecule has 1 aromatic heterocycles. The molecule has 1 N–H and O–H groups in total. The van der Waals surface area contributed by atoms with Crippen LogP contribution < -0.4 is 5.32 Å². The maximum absolute atomic E-state index is 12.0. The first-order valence-corrected chi connectivity index (χ1v) is 5.73. The molecule has 0 unspecified atom stereocenters. The molecule has 0 radical (unpaired) electrons. The number of rotatable bonds is 2. The van der Waals surface area contributed by atoms with Gasteiger partial charge in [0.2, 0.25) is 5.78 Å². The number of ketones is 1. The summed E-state index contributed by atoms with van der Waals surface area (Å²) in [5.74, 6) is -0.866. The lowest BCUT2D eigenvalue weighted by Gasteiger charge is -2.18. The van der Waals surface area contributed by atoms with E-state index < -0.39 is 11.7 Å². The zero-order valence-electron chi connectivity index (χ0n) is 9.56. The van der Waals surface area contributed by atoms with Gasteiger partial charge in [0, 0.05) is 37.6 Å². The highest BCUT2D eigenvalue weighted by Crippen LogP contribution is 2.04. The minimum Gasteiger partial charge on any atom is -0.334 e. The minimum atomic E-state index is -0.450. The Kier molecular flexibility index (Phi) is 3.82. The van der Waals surface area contributed by atoms with E-state index >= 15 is 0 Å². The Morgan fingerprint density at radius 1 is 1.18 bits per heavy atom. The van der Waals surface area contributed by atoms with E-state index in [1.807, 2.05) is 0 Å². The van der Waals surface area contributed by atoms with Crippen molar-refractivity contribution in [3.63, 3.8) is 0 Å². The van der Waals surface area contributed by atoms with Gasteiger partial charge in [0.15, 0.2) is 0 Å². The molecule has 0 saturated carbocycles. The number of aromatic nitrogens is 1. The number of carbonyl (C=O) groups is 2. The van der Waals surface area contributed by atoms with Crippen molar-refractivity contribution < 1.29 is 9.59 Å². The predicted octanol–water partition coefficient (Wildman–Crippen LogP) is 0.0862. The number of nitrogens with zero attached hydrogens (tertiary/aromatic N) is 2. The van der Waals surface area contributed by atoms with E-state index in [1.54, 1.807) is 17.0 Å². The highest BCUT2D eigenvalue weighted by atomic mass is 16.2. The van der Waals surface area contributed by atoms with Crippen LogP contribution >= 0.6 is 0 Å². The van der Waals surface area contributed by atoms with Gasteiger partial charge in [0.25, 0.3) is 5.91 Å². The Morgan fingerprint density at radius 2 is 1.94 bits per heavy atom. The van der Waals surface area contributed by atoms with Crippen LogP contribution in [0.1, 0.15) is 16.8 Å². The molecule has 2 heterocycles. The van der Waals surface area contributed by atoms with Gasteiger partial charge in [-0.15, -0.1) is 0 Å². The number of nitrogens with one attached hydrogen (secondary N) is 1. The van der Waals surface area contributed by atoms with Gasteiger partial charge in [-0.1, -0.05) is 0 Å². The molecule has 0 aromatic carbocycles. The molecule has 0 aliphatic carbocycles. The smallest absolute Gasteiger partial charge is 0.295 e. The second-order valence-electron chi connectivity index (χ2n) is 3.96. The van der Waals surface area contributed by atoms with Crippen LogP contribution in [0.3, 0.4) is 0 Å². The number of hydrogen-bond acceptors (Lipinski definition) is 4. The fourth-order valence-corrected chi connectivity index (χ4v) is 1.82. The zero-order valence-corrected chi connectivity index (χ0v) is 9.56. The molecule has 0 spiro atoms. The normalized spacial score (nSPS) is 16.4. The number of pyridine rings is 1. The first-order valence-electron chi connectivity index (χ1n) is 5.73. The van der Waals surface area contributed by atoms with Crippen molar-refractivity contribution in [1.82, 2.24) is 15.2 Å². The molecular weight excluding hydrogens is 218 g/mol. The van der Waals surface area contributed by atoms with Crippen molar-refractivity contribution in [1.29, 1.82) is 0 Å². The molecular formula is C12H15N3O2. The highest BCUT2D eigenvalue weighted by molar-refractivity contribution is 6.42. The van der Waals surface area contributed by atoms with Crippen molar-refractivity contribution in [2.45, 2.75) is 6.42 Å². The lowest BCUT2D eigenvalue weighted by atomic mass is 10.1. The molecule has 17 heavy (non-hydrogen) atoms. The first kappa shape index (κ1) is 11.7. The van der Waals surface area contributed by atoms with Crippen molar-refractivity contribution in [2.24, 2.45) is 0 Å². The Hall–Kier alpha value is -1.75. The molecule has 1 fully saturated rings. The number of amides is 1. The van der Waals surface area contributed by atoms with E-state index in [0.29, 0.717) is 18.7 Å². The molecule has 0 atom stereocenters.